The highest BCUT2D eigenvalue weighted by Gasteiger charge is 2.54. The topological polar surface area (TPSA) is 82.6 Å². The summed E-state index contributed by atoms with van der Waals surface area (Å²) in [6.45, 7) is 2.09. The summed E-state index contributed by atoms with van der Waals surface area (Å²) in [5.74, 6) is -0.604. The van der Waals surface area contributed by atoms with Gasteiger partial charge in [0.25, 0.3) is 5.91 Å². The number of carbonyl (C=O) groups is 1. The smallest absolute Gasteiger partial charge is 0.258 e. The van der Waals surface area contributed by atoms with Crippen molar-refractivity contribution in [3.05, 3.63) is 40.1 Å². The third-order valence-corrected chi connectivity index (χ3v) is 7.81. The van der Waals surface area contributed by atoms with Gasteiger partial charge in [-0.25, -0.2) is 4.39 Å². The SMILES string of the molecule is O=C(COc1ccc(Cl)c(F)c1)NC12CCC(CNCC3CC=C(Cl)CN3)(CC1)C(O)C2. The number of benzene rings is 1. The lowest BCUT2D eigenvalue weighted by Crippen LogP contribution is -2.64. The summed E-state index contributed by atoms with van der Waals surface area (Å²) in [6, 6.07) is 4.43. The van der Waals surface area contributed by atoms with Crippen molar-refractivity contribution in [2.45, 2.75) is 56.2 Å². The zero-order valence-corrected chi connectivity index (χ0v) is 19.4. The molecule has 0 aromatic heterocycles. The highest BCUT2D eigenvalue weighted by atomic mass is 35.5. The van der Waals surface area contributed by atoms with E-state index in [1.165, 1.54) is 12.1 Å². The normalized spacial score (nSPS) is 31.8. The van der Waals surface area contributed by atoms with E-state index in [0.29, 0.717) is 19.0 Å². The van der Waals surface area contributed by atoms with Gasteiger partial charge in [-0.2, -0.15) is 0 Å². The Morgan fingerprint density at radius 2 is 2.06 bits per heavy atom. The second-order valence-electron chi connectivity index (χ2n) is 9.37. The standard InChI is InChI=1S/C23H30Cl2FN3O3/c24-15-1-2-16(28-11-15)12-27-14-22-5-7-23(8-6-22,10-20(22)30)29-21(31)13-32-17-3-4-18(25)19(26)9-17/h1,3-4,9,16,20,27-28,30H,2,5-8,10-14H2,(H,29,31). The molecule has 4 aliphatic rings. The fourth-order valence-electron chi connectivity index (χ4n) is 5.19. The van der Waals surface area contributed by atoms with Gasteiger partial charge in [-0.3, -0.25) is 4.79 Å². The van der Waals surface area contributed by atoms with Crippen molar-refractivity contribution >= 4 is 29.1 Å². The fourth-order valence-corrected chi connectivity index (χ4v) is 5.47. The minimum Gasteiger partial charge on any atom is -0.484 e. The van der Waals surface area contributed by atoms with Crippen molar-refractivity contribution < 1.29 is 19.0 Å². The molecule has 2 bridgehead atoms. The van der Waals surface area contributed by atoms with Crippen LogP contribution in [0.25, 0.3) is 0 Å². The minimum absolute atomic E-state index is 0.00769. The van der Waals surface area contributed by atoms with Gasteiger partial charge in [-0.15, -0.1) is 0 Å². The number of fused-ring (bicyclic) bond motifs is 3. The van der Waals surface area contributed by atoms with Gasteiger partial charge < -0.3 is 25.8 Å². The molecule has 0 saturated heterocycles. The number of halogens is 3. The van der Waals surface area contributed by atoms with Gasteiger partial charge in [0, 0.05) is 47.7 Å². The van der Waals surface area contributed by atoms with E-state index in [0.717, 1.165) is 56.3 Å². The maximum absolute atomic E-state index is 13.5. The molecule has 2 atom stereocenters. The summed E-state index contributed by atoms with van der Waals surface area (Å²) in [5.41, 5.74) is -0.550. The molecule has 0 radical (unpaired) electrons. The Kier molecular flexibility index (Phi) is 7.32. The Morgan fingerprint density at radius 3 is 2.72 bits per heavy atom. The molecule has 3 fully saturated rings. The molecule has 1 amide bonds. The number of nitrogens with one attached hydrogen (secondary N) is 3. The van der Waals surface area contributed by atoms with Gasteiger partial charge in [-0.1, -0.05) is 29.3 Å². The van der Waals surface area contributed by atoms with Crippen LogP contribution >= 0.6 is 23.2 Å². The van der Waals surface area contributed by atoms with Crippen LogP contribution in [-0.4, -0.2) is 54.9 Å². The molecule has 176 valence electrons. The fraction of sp³-hybridized carbons (Fsp3) is 0.609. The maximum Gasteiger partial charge on any atom is 0.258 e. The first-order valence-electron chi connectivity index (χ1n) is 11.1. The van der Waals surface area contributed by atoms with Gasteiger partial charge in [0.2, 0.25) is 0 Å². The van der Waals surface area contributed by atoms with Crippen LogP contribution < -0.4 is 20.7 Å². The highest BCUT2D eigenvalue weighted by Crippen LogP contribution is 2.52. The summed E-state index contributed by atoms with van der Waals surface area (Å²) < 4.78 is 18.9. The largest absolute Gasteiger partial charge is 0.484 e. The number of aliphatic hydroxyl groups excluding tert-OH is 1. The summed E-state index contributed by atoms with van der Waals surface area (Å²) in [4.78, 5) is 12.5. The van der Waals surface area contributed by atoms with Crippen LogP contribution in [0, 0.1) is 11.2 Å². The molecule has 5 rings (SSSR count). The van der Waals surface area contributed by atoms with Gasteiger partial charge in [0.1, 0.15) is 11.6 Å². The zero-order chi connectivity index (χ0) is 22.8. The lowest BCUT2D eigenvalue weighted by atomic mass is 9.55. The second kappa shape index (κ2) is 9.85. The molecule has 1 aliphatic heterocycles. The molecular formula is C23H30Cl2FN3O3. The number of carbonyl (C=O) groups excluding carboxylic acids is 1. The van der Waals surface area contributed by atoms with Crippen LogP contribution in [-0.2, 0) is 4.79 Å². The molecule has 4 N–H and O–H groups in total. The van der Waals surface area contributed by atoms with Crippen LogP contribution in [0.15, 0.2) is 29.3 Å². The number of amides is 1. The van der Waals surface area contributed by atoms with Crippen molar-refractivity contribution in [1.82, 2.24) is 16.0 Å². The van der Waals surface area contributed by atoms with E-state index in [2.05, 4.69) is 22.0 Å². The lowest BCUT2D eigenvalue weighted by molar-refractivity contribution is -0.133. The van der Waals surface area contributed by atoms with Gasteiger partial charge in [-0.05, 0) is 50.7 Å². The summed E-state index contributed by atoms with van der Waals surface area (Å²) >= 11 is 11.7. The third-order valence-electron chi connectivity index (χ3n) is 7.21. The van der Waals surface area contributed by atoms with Crippen molar-refractivity contribution in [1.29, 1.82) is 0 Å². The first-order chi connectivity index (χ1) is 15.3. The lowest BCUT2D eigenvalue weighted by Gasteiger charge is -2.56. The van der Waals surface area contributed by atoms with E-state index in [4.69, 9.17) is 27.9 Å². The zero-order valence-electron chi connectivity index (χ0n) is 17.9. The molecule has 2 unspecified atom stereocenters. The van der Waals surface area contributed by atoms with E-state index in [9.17, 15) is 14.3 Å². The Balaban J connectivity index is 1.24. The molecule has 32 heavy (non-hydrogen) atoms. The van der Waals surface area contributed by atoms with Gasteiger partial charge in [0.05, 0.1) is 11.1 Å². The molecule has 3 aliphatic carbocycles. The highest BCUT2D eigenvalue weighted by molar-refractivity contribution is 6.30. The van der Waals surface area contributed by atoms with Crippen molar-refractivity contribution in [3.8, 4) is 5.75 Å². The molecule has 1 aromatic carbocycles. The number of rotatable bonds is 8. The molecular weight excluding hydrogens is 456 g/mol. The van der Waals surface area contributed by atoms with Gasteiger partial charge in [0.15, 0.2) is 6.61 Å². The van der Waals surface area contributed by atoms with E-state index >= 15 is 0 Å². The van der Waals surface area contributed by atoms with Crippen molar-refractivity contribution in [2.24, 2.45) is 5.41 Å². The first kappa shape index (κ1) is 23.8. The summed E-state index contributed by atoms with van der Waals surface area (Å²) in [6.07, 6.45) is 6.39. The minimum atomic E-state index is -0.588. The quantitative estimate of drug-likeness (QED) is 0.454. The van der Waals surface area contributed by atoms with Crippen molar-refractivity contribution in [3.63, 3.8) is 0 Å². The molecule has 0 spiro atoms. The van der Waals surface area contributed by atoms with Gasteiger partial charge >= 0.3 is 0 Å². The Labute approximate surface area is 197 Å². The van der Waals surface area contributed by atoms with E-state index in [1.54, 1.807) is 0 Å². The number of hydrogen-bond donors (Lipinski definition) is 4. The predicted molar refractivity (Wildman–Crippen MR) is 123 cm³/mol. The van der Waals surface area contributed by atoms with E-state index in [1.807, 2.05) is 0 Å². The number of ether oxygens (including phenoxy) is 1. The first-order valence-corrected chi connectivity index (χ1v) is 11.9. The monoisotopic (exact) mass is 485 g/mol. The van der Waals surface area contributed by atoms with Crippen LogP contribution in [0.2, 0.25) is 5.02 Å². The van der Waals surface area contributed by atoms with Crippen LogP contribution in [0.5, 0.6) is 5.75 Å². The third kappa shape index (κ3) is 5.39. The summed E-state index contributed by atoms with van der Waals surface area (Å²) in [7, 11) is 0. The molecule has 3 saturated carbocycles. The van der Waals surface area contributed by atoms with E-state index in [-0.39, 0.29) is 28.7 Å². The maximum atomic E-state index is 13.5. The Hall–Kier alpha value is -1.38. The van der Waals surface area contributed by atoms with Crippen LogP contribution in [0.1, 0.15) is 38.5 Å². The second-order valence-corrected chi connectivity index (χ2v) is 10.3. The molecule has 6 nitrogen and oxygen atoms in total. The molecule has 1 heterocycles. The Bertz CT molecular complexity index is 874. The average Bonchev–Trinajstić information content (AvgIpc) is 2.77. The molecule has 9 heteroatoms. The van der Waals surface area contributed by atoms with E-state index < -0.39 is 17.5 Å². The average molecular weight is 486 g/mol. The predicted octanol–water partition coefficient (Wildman–Crippen LogP) is 3.11. The summed E-state index contributed by atoms with van der Waals surface area (Å²) in [5, 5.41) is 21.8. The van der Waals surface area contributed by atoms with Crippen LogP contribution in [0.4, 0.5) is 4.39 Å². The number of hydrogen-bond acceptors (Lipinski definition) is 5. The van der Waals surface area contributed by atoms with Crippen molar-refractivity contribution in [2.75, 3.05) is 26.2 Å². The Morgan fingerprint density at radius 1 is 1.28 bits per heavy atom. The van der Waals surface area contributed by atoms with Crippen LogP contribution in [0.3, 0.4) is 0 Å². The number of aliphatic hydroxyl groups is 1. The molecule has 1 aromatic rings.